The van der Waals surface area contributed by atoms with Gasteiger partial charge in [-0.25, -0.2) is 4.99 Å². The van der Waals surface area contributed by atoms with Crippen LogP contribution in [0.25, 0.3) is 0 Å². The molecular weight excluding hydrogens is 286 g/mol. The number of nitrogens with zero attached hydrogens (tertiary/aromatic N) is 4. The molecule has 0 aromatic rings. The number of hydrogen-bond acceptors (Lipinski definition) is 3. The summed E-state index contributed by atoms with van der Waals surface area (Å²) in [5.41, 5.74) is 0.545. The minimum Gasteiger partial charge on any atom is -0.358 e. The molecule has 23 heavy (non-hydrogen) atoms. The summed E-state index contributed by atoms with van der Waals surface area (Å²) in [4.78, 5) is 15.5. The Hall–Kier alpha value is -1.49. The van der Waals surface area contributed by atoms with Crippen LogP contribution >= 0.6 is 0 Å². The normalized spacial score (nSPS) is 24.6. The van der Waals surface area contributed by atoms with Gasteiger partial charge in [0.05, 0.1) is 6.04 Å². The van der Waals surface area contributed by atoms with Crippen LogP contribution in [0.3, 0.4) is 0 Å². The highest BCUT2D eigenvalue weighted by Crippen LogP contribution is 2.39. The SMILES string of the molecule is C=CC(C)N=CN=C(C(C)N=C)N1CCC2(CCNCC2)CC1. The summed E-state index contributed by atoms with van der Waals surface area (Å²) < 4.78 is 0. The first-order chi connectivity index (χ1) is 11.1. The molecule has 0 amide bonds. The van der Waals surface area contributed by atoms with Crippen LogP contribution < -0.4 is 5.32 Å². The molecule has 0 aliphatic carbocycles. The number of piperidine rings is 2. The molecule has 2 saturated heterocycles. The van der Waals surface area contributed by atoms with Crippen LogP contribution in [0.4, 0.5) is 0 Å². The fraction of sp³-hybridized carbons (Fsp3) is 0.722. The van der Waals surface area contributed by atoms with Gasteiger partial charge in [0.1, 0.15) is 18.2 Å². The summed E-state index contributed by atoms with van der Waals surface area (Å²) in [5, 5.41) is 3.48. The number of rotatable bonds is 5. The van der Waals surface area contributed by atoms with Gasteiger partial charge in [-0.2, -0.15) is 0 Å². The summed E-state index contributed by atoms with van der Waals surface area (Å²) in [6.07, 6.45) is 8.57. The molecular formula is C18H31N5. The number of likely N-dealkylation sites (tertiary alicyclic amines) is 1. The highest BCUT2D eigenvalue weighted by Gasteiger charge is 2.36. The third kappa shape index (κ3) is 4.74. The van der Waals surface area contributed by atoms with Gasteiger partial charge in [-0.3, -0.25) is 9.98 Å². The van der Waals surface area contributed by atoms with Crippen LogP contribution in [0.1, 0.15) is 39.5 Å². The topological polar surface area (TPSA) is 52.4 Å². The largest absolute Gasteiger partial charge is 0.358 e. The first-order valence-corrected chi connectivity index (χ1v) is 8.73. The highest BCUT2D eigenvalue weighted by atomic mass is 15.2. The molecule has 128 valence electrons. The molecule has 5 nitrogen and oxygen atoms in total. The lowest BCUT2D eigenvalue weighted by molar-refractivity contribution is 0.105. The first kappa shape index (κ1) is 17.9. The van der Waals surface area contributed by atoms with E-state index in [0.717, 1.165) is 32.0 Å². The van der Waals surface area contributed by atoms with Gasteiger partial charge in [0.15, 0.2) is 0 Å². The van der Waals surface area contributed by atoms with Crippen molar-refractivity contribution in [2.45, 2.75) is 51.6 Å². The van der Waals surface area contributed by atoms with Crippen LogP contribution in [0.2, 0.25) is 0 Å². The van der Waals surface area contributed by atoms with Crippen molar-refractivity contribution < 1.29 is 0 Å². The van der Waals surface area contributed by atoms with E-state index < -0.39 is 0 Å². The lowest BCUT2D eigenvalue weighted by Gasteiger charge is -2.45. The third-order valence-corrected chi connectivity index (χ3v) is 5.29. The number of aliphatic imine (C=N–C) groups is 3. The zero-order valence-electron chi connectivity index (χ0n) is 14.7. The molecule has 2 atom stereocenters. The van der Waals surface area contributed by atoms with E-state index in [1.165, 1.54) is 25.7 Å². The molecule has 2 aliphatic rings. The Balaban J connectivity index is 2.03. The second kappa shape index (κ2) is 8.39. The summed E-state index contributed by atoms with van der Waals surface area (Å²) in [5.74, 6) is 0.990. The van der Waals surface area contributed by atoms with Crippen molar-refractivity contribution in [3.63, 3.8) is 0 Å². The van der Waals surface area contributed by atoms with Gasteiger partial charge >= 0.3 is 0 Å². The van der Waals surface area contributed by atoms with Crippen molar-refractivity contribution in [1.82, 2.24) is 10.2 Å². The van der Waals surface area contributed by atoms with Crippen LogP contribution in [-0.2, 0) is 0 Å². The Kier molecular flexibility index (Phi) is 6.51. The molecule has 1 N–H and O–H groups in total. The average Bonchev–Trinajstić information content (AvgIpc) is 2.59. The standard InChI is InChI=1S/C18H31N5/c1-5-15(2)21-14-22-17(16(3)19-4)23-12-8-18(9-13-23)6-10-20-11-7-18/h5,14-16,20H,1,4,6-13H2,2-3H3. The maximum atomic E-state index is 4.60. The second-order valence-electron chi connectivity index (χ2n) is 6.82. The average molecular weight is 317 g/mol. The monoisotopic (exact) mass is 317 g/mol. The van der Waals surface area contributed by atoms with Gasteiger partial charge in [0.25, 0.3) is 0 Å². The number of amidine groups is 1. The van der Waals surface area contributed by atoms with Gasteiger partial charge in [-0.1, -0.05) is 6.08 Å². The summed E-state index contributed by atoms with van der Waals surface area (Å²) in [7, 11) is 0. The molecule has 2 heterocycles. The predicted molar refractivity (Wildman–Crippen MR) is 99.9 cm³/mol. The molecule has 1 spiro atoms. The summed E-state index contributed by atoms with van der Waals surface area (Å²) >= 11 is 0. The minimum atomic E-state index is 0.00237. The van der Waals surface area contributed by atoms with E-state index in [0.29, 0.717) is 5.41 Å². The summed E-state index contributed by atoms with van der Waals surface area (Å²) in [6.45, 7) is 15.9. The van der Waals surface area contributed by atoms with Crippen molar-refractivity contribution in [1.29, 1.82) is 0 Å². The van der Waals surface area contributed by atoms with E-state index in [1.54, 1.807) is 6.34 Å². The maximum Gasteiger partial charge on any atom is 0.131 e. The summed E-state index contributed by atoms with van der Waals surface area (Å²) in [6, 6.07) is 0.0916. The van der Waals surface area contributed by atoms with Crippen molar-refractivity contribution >= 4 is 18.9 Å². The Labute approximate surface area is 140 Å². The smallest absolute Gasteiger partial charge is 0.131 e. The molecule has 2 fully saturated rings. The number of hydrogen-bond donors (Lipinski definition) is 1. The van der Waals surface area contributed by atoms with E-state index in [1.807, 2.05) is 19.9 Å². The van der Waals surface area contributed by atoms with Crippen molar-refractivity contribution in [3.8, 4) is 0 Å². The molecule has 0 saturated carbocycles. The molecule has 2 aliphatic heterocycles. The van der Waals surface area contributed by atoms with E-state index >= 15 is 0 Å². The molecule has 0 bridgehead atoms. The van der Waals surface area contributed by atoms with Crippen LogP contribution in [0, 0.1) is 5.41 Å². The Morgan fingerprint density at radius 3 is 2.39 bits per heavy atom. The Morgan fingerprint density at radius 2 is 1.83 bits per heavy atom. The quantitative estimate of drug-likeness (QED) is 0.481. The minimum absolute atomic E-state index is 0.00237. The number of nitrogens with one attached hydrogen (secondary N) is 1. The molecule has 2 rings (SSSR count). The molecule has 5 heteroatoms. The molecule has 0 aromatic heterocycles. The first-order valence-electron chi connectivity index (χ1n) is 8.73. The van der Waals surface area contributed by atoms with Crippen molar-refractivity contribution in [2.24, 2.45) is 20.4 Å². The van der Waals surface area contributed by atoms with Crippen LogP contribution in [0.5, 0.6) is 0 Å². The van der Waals surface area contributed by atoms with Crippen molar-refractivity contribution in [2.75, 3.05) is 26.2 Å². The highest BCUT2D eigenvalue weighted by molar-refractivity contribution is 5.93. The fourth-order valence-electron chi connectivity index (χ4n) is 3.46. The lowest BCUT2D eigenvalue weighted by atomic mass is 9.71. The van der Waals surface area contributed by atoms with Gasteiger partial charge in [-0.05, 0) is 64.8 Å². The molecule has 0 aromatic carbocycles. The Morgan fingerprint density at radius 1 is 1.17 bits per heavy atom. The molecule has 0 radical (unpaired) electrons. The van der Waals surface area contributed by atoms with Gasteiger partial charge in [-0.15, -0.1) is 6.58 Å². The van der Waals surface area contributed by atoms with E-state index in [9.17, 15) is 0 Å². The fourth-order valence-corrected chi connectivity index (χ4v) is 3.46. The third-order valence-electron chi connectivity index (χ3n) is 5.29. The van der Waals surface area contributed by atoms with Gasteiger partial charge in [0.2, 0.25) is 0 Å². The van der Waals surface area contributed by atoms with Gasteiger partial charge < -0.3 is 10.2 Å². The van der Waals surface area contributed by atoms with E-state index in [2.05, 4.69) is 38.5 Å². The van der Waals surface area contributed by atoms with Crippen molar-refractivity contribution in [3.05, 3.63) is 12.7 Å². The predicted octanol–water partition coefficient (Wildman–Crippen LogP) is 2.54. The second-order valence-corrected chi connectivity index (χ2v) is 6.82. The van der Waals surface area contributed by atoms with E-state index in [-0.39, 0.29) is 12.1 Å². The zero-order valence-corrected chi connectivity index (χ0v) is 14.7. The Bertz CT molecular complexity index is 452. The van der Waals surface area contributed by atoms with E-state index in [4.69, 9.17) is 0 Å². The van der Waals surface area contributed by atoms with Crippen LogP contribution in [-0.4, -0.2) is 62.1 Å². The maximum absolute atomic E-state index is 4.60. The van der Waals surface area contributed by atoms with Crippen LogP contribution in [0.15, 0.2) is 27.6 Å². The lowest BCUT2D eigenvalue weighted by Crippen LogP contribution is -2.49. The zero-order chi connectivity index (χ0) is 16.7. The van der Waals surface area contributed by atoms with Gasteiger partial charge in [0, 0.05) is 13.1 Å². The molecule has 2 unspecified atom stereocenters.